The van der Waals surface area contributed by atoms with E-state index in [0.717, 1.165) is 0 Å². The number of ether oxygens (including phenoxy) is 1. The molecule has 0 aliphatic rings. The number of nitrogens with one attached hydrogen (secondary N) is 1. The summed E-state index contributed by atoms with van der Waals surface area (Å²) in [5.74, 6) is -0.908. The van der Waals surface area contributed by atoms with E-state index in [0.29, 0.717) is 15.8 Å². The van der Waals surface area contributed by atoms with Gasteiger partial charge in [0.15, 0.2) is 0 Å². The van der Waals surface area contributed by atoms with Gasteiger partial charge in [-0.15, -0.1) is 0 Å². The van der Waals surface area contributed by atoms with Crippen molar-refractivity contribution in [2.24, 2.45) is 0 Å². The zero-order chi connectivity index (χ0) is 16.3. The van der Waals surface area contributed by atoms with Gasteiger partial charge in [0.25, 0.3) is 5.91 Å². The lowest BCUT2D eigenvalue weighted by Gasteiger charge is -2.09. The minimum Gasteiger partial charge on any atom is -0.496 e. The Balaban J connectivity index is 2.27. The van der Waals surface area contributed by atoms with Crippen molar-refractivity contribution in [2.75, 3.05) is 12.4 Å². The van der Waals surface area contributed by atoms with Gasteiger partial charge in [-0.2, -0.15) is 0 Å². The maximum atomic E-state index is 12.2. The fraction of sp³-hybridized carbons (Fsp3) is 0.0667. The van der Waals surface area contributed by atoms with E-state index in [2.05, 4.69) is 21.2 Å². The number of carboxylic acids is 1. The van der Waals surface area contributed by atoms with Crippen LogP contribution in [-0.4, -0.2) is 24.1 Å². The number of carboxylic acid groups (broad SMARTS) is 1. The van der Waals surface area contributed by atoms with Crippen LogP contribution in [-0.2, 0) is 0 Å². The number of hydrogen-bond acceptors (Lipinski definition) is 3. The first-order valence-corrected chi connectivity index (χ1v) is 7.27. The van der Waals surface area contributed by atoms with Crippen molar-refractivity contribution >= 4 is 45.1 Å². The standard InChI is InChI=1S/C15H11BrClNO4/c1-22-13-5-3-8(6-10(13)16)14(19)18-12-7-9(15(20)21)2-4-11(12)17/h2-7H,1H3,(H,18,19)(H,20,21). The fourth-order valence-corrected chi connectivity index (χ4v) is 2.46. The lowest BCUT2D eigenvalue weighted by atomic mass is 10.1. The Kier molecular flexibility index (Phi) is 5.05. The molecule has 22 heavy (non-hydrogen) atoms. The summed E-state index contributed by atoms with van der Waals surface area (Å²) < 4.78 is 5.73. The number of rotatable bonds is 4. The minimum absolute atomic E-state index is 0.0376. The van der Waals surface area contributed by atoms with Gasteiger partial charge in [-0.1, -0.05) is 11.6 Å². The number of amides is 1. The number of halogens is 2. The molecule has 0 atom stereocenters. The summed E-state index contributed by atoms with van der Waals surface area (Å²) in [6, 6.07) is 8.93. The third-order valence-electron chi connectivity index (χ3n) is 2.88. The summed E-state index contributed by atoms with van der Waals surface area (Å²) in [7, 11) is 1.52. The minimum atomic E-state index is -1.10. The van der Waals surface area contributed by atoms with Gasteiger partial charge in [-0.05, 0) is 52.3 Å². The van der Waals surface area contributed by atoms with Crippen molar-refractivity contribution in [3.63, 3.8) is 0 Å². The highest BCUT2D eigenvalue weighted by atomic mass is 79.9. The SMILES string of the molecule is COc1ccc(C(=O)Nc2cc(C(=O)O)ccc2Cl)cc1Br. The molecule has 1 amide bonds. The Morgan fingerprint density at radius 2 is 1.86 bits per heavy atom. The van der Waals surface area contributed by atoms with Gasteiger partial charge < -0.3 is 15.2 Å². The highest BCUT2D eigenvalue weighted by Crippen LogP contribution is 2.27. The van der Waals surface area contributed by atoms with Gasteiger partial charge in [0.2, 0.25) is 0 Å². The smallest absolute Gasteiger partial charge is 0.335 e. The zero-order valence-corrected chi connectivity index (χ0v) is 13.7. The molecule has 0 saturated heterocycles. The van der Waals surface area contributed by atoms with Crippen LogP contribution in [0.1, 0.15) is 20.7 Å². The molecule has 0 aromatic heterocycles. The molecule has 2 aromatic carbocycles. The highest BCUT2D eigenvalue weighted by Gasteiger charge is 2.13. The summed E-state index contributed by atoms with van der Waals surface area (Å²) >= 11 is 9.27. The van der Waals surface area contributed by atoms with E-state index in [4.69, 9.17) is 21.4 Å². The molecule has 5 nitrogen and oxygen atoms in total. The second-order valence-electron chi connectivity index (χ2n) is 4.30. The van der Waals surface area contributed by atoms with E-state index < -0.39 is 11.9 Å². The van der Waals surface area contributed by atoms with E-state index in [1.54, 1.807) is 18.2 Å². The van der Waals surface area contributed by atoms with Gasteiger partial charge >= 0.3 is 5.97 Å². The maximum Gasteiger partial charge on any atom is 0.335 e. The number of benzene rings is 2. The number of carbonyl (C=O) groups excluding carboxylic acids is 1. The Bertz CT molecular complexity index is 748. The predicted molar refractivity (Wildman–Crippen MR) is 87.1 cm³/mol. The van der Waals surface area contributed by atoms with Gasteiger partial charge in [0, 0.05) is 5.56 Å². The molecule has 0 saturated carbocycles. The van der Waals surface area contributed by atoms with Crippen LogP contribution < -0.4 is 10.1 Å². The normalized spacial score (nSPS) is 10.1. The van der Waals surface area contributed by atoms with Gasteiger partial charge in [0.05, 0.1) is 27.9 Å². The molecule has 0 fully saturated rings. The van der Waals surface area contributed by atoms with Crippen LogP contribution in [0.25, 0.3) is 0 Å². The number of aromatic carboxylic acids is 1. The first-order chi connectivity index (χ1) is 10.4. The Labute approximate surface area is 140 Å². The van der Waals surface area contributed by atoms with E-state index in [9.17, 15) is 9.59 Å². The quantitative estimate of drug-likeness (QED) is 0.833. The van der Waals surface area contributed by atoms with Crippen LogP contribution in [0.5, 0.6) is 5.75 Å². The van der Waals surface area contributed by atoms with E-state index in [-0.39, 0.29) is 16.3 Å². The van der Waals surface area contributed by atoms with Crippen LogP contribution in [0.3, 0.4) is 0 Å². The van der Waals surface area contributed by atoms with Crippen molar-refractivity contribution in [2.45, 2.75) is 0 Å². The molecule has 0 aliphatic carbocycles. The first kappa shape index (κ1) is 16.3. The number of anilines is 1. The average molecular weight is 385 g/mol. The Hall–Kier alpha value is -2.05. The van der Waals surface area contributed by atoms with Crippen molar-refractivity contribution in [1.82, 2.24) is 0 Å². The Morgan fingerprint density at radius 1 is 1.18 bits per heavy atom. The molecule has 2 aromatic rings. The summed E-state index contributed by atoms with van der Waals surface area (Å²) in [5, 5.41) is 11.8. The van der Waals surface area contributed by atoms with Crippen LogP contribution in [0.2, 0.25) is 5.02 Å². The molecule has 0 aliphatic heterocycles. The molecule has 0 spiro atoms. The van der Waals surface area contributed by atoms with E-state index in [1.165, 1.54) is 25.3 Å². The molecular formula is C15H11BrClNO4. The molecule has 114 valence electrons. The maximum absolute atomic E-state index is 12.2. The molecule has 7 heteroatoms. The lowest BCUT2D eigenvalue weighted by molar-refractivity contribution is 0.0696. The fourth-order valence-electron chi connectivity index (χ4n) is 1.76. The number of hydrogen-bond donors (Lipinski definition) is 2. The average Bonchev–Trinajstić information content (AvgIpc) is 2.49. The number of methoxy groups -OCH3 is 1. The van der Waals surface area contributed by atoms with Crippen LogP contribution in [0, 0.1) is 0 Å². The summed E-state index contributed by atoms with van der Waals surface area (Å²) in [6.07, 6.45) is 0. The van der Waals surface area contributed by atoms with Crippen molar-refractivity contribution < 1.29 is 19.4 Å². The topological polar surface area (TPSA) is 75.6 Å². The van der Waals surface area contributed by atoms with Crippen LogP contribution >= 0.6 is 27.5 Å². The third-order valence-corrected chi connectivity index (χ3v) is 3.82. The summed E-state index contributed by atoms with van der Waals surface area (Å²) in [4.78, 5) is 23.2. The second-order valence-corrected chi connectivity index (χ2v) is 5.56. The molecular weight excluding hydrogens is 374 g/mol. The Morgan fingerprint density at radius 3 is 2.45 bits per heavy atom. The third kappa shape index (κ3) is 3.58. The predicted octanol–water partition coefficient (Wildman–Crippen LogP) is 4.06. The summed E-state index contributed by atoms with van der Waals surface area (Å²) in [6.45, 7) is 0. The first-order valence-electron chi connectivity index (χ1n) is 6.10. The second kappa shape index (κ2) is 6.81. The number of carbonyl (C=O) groups is 2. The molecule has 0 radical (unpaired) electrons. The van der Waals surface area contributed by atoms with Crippen molar-refractivity contribution in [3.8, 4) is 5.75 Å². The van der Waals surface area contributed by atoms with Gasteiger partial charge in [-0.3, -0.25) is 4.79 Å². The summed E-state index contributed by atoms with van der Waals surface area (Å²) in [5.41, 5.74) is 0.651. The monoisotopic (exact) mass is 383 g/mol. The van der Waals surface area contributed by atoms with Crippen LogP contribution in [0.15, 0.2) is 40.9 Å². The van der Waals surface area contributed by atoms with Crippen LogP contribution in [0.4, 0.5) is 5.69 Å². The van der Waals surface area contributed by atoms with Crippen molar-refractivity contribution in [3.05, 3.63) is 57.0 Å². The largest absolute Gasteiger partial charge is 0.496 e. The van der Waals surface area contributed by atoms with Gasteiger partial charge in [-0.25, -0.2) is 4.79 Å². The highest BCUT2D eigenvalue weighted by molar-refractivity contribution is 9.10. The van der Waals surface area contributed by atoms with E-state index >= 15 is 0 Å². The van der Waals surface area contributed by atoms with Crippen molar-refractivity contribution in [1.29, 1.82) is 0 Å². The van der Waals surface area contributed by atoms with Gasteiger partial charge in [0.1, 0.15) is 5.75 Å². The molecule has 2 N–H and O–H groups in total. The molecule has 0 unspecified atom stereocenters. The lowest BCUT2D eigenvalue weighted by Crippen LogP contribution is -2.13. The molecule has 0 heterocycles. The zero-order valence-electron chi connectivity index (χ0n) is 11.4. The molecule has 2 rings (SSSR count). The molecule has 0 bridgehead atoms. The van der Waals surface area contributed by atoms with E-state index in [1.807, 2.05) is 0 Å².